The van der Waals surface area contributed by atoms with Gasteiger partial charge in [-0.15, -0.1) is 0 Å². The van der Waals surface area contributed by atoms with Crippen LogP contribution >= 0.6 is 15.9 Å². The van der Waals surface area contributed by atoms with E-state index in [1.807, 2.05) is 0 Å². The second-order valence-corrected chi connectivity index (χ2v) is 6.02. The first-order valence-electron chi connectivity index (χ1n) is 5.26. The Morgan fingerprint density at radius 2 is 1.68 bits per heavy atom. The Balaban J connectivity index is 2.35. The number of rotatable bonds is 3. The van der Waals surface area contributed by atoms with Crippen molar-refractivity contribution >= 4 is 26.7 Å². The summed E-state index contributed by atoms with van der Waals surface area (Å²) < 4.78 is 52.7. The Bertz CT molecular complexity index is 646. The molecule has 2 aromatic carbocycles. The maximum atomic E-state index is 13.7. The van der Waals surface area contributed by atoms with E-state index in [-0.39, 0.29) is 14.9 Å². The Kier molecular flexibility index (Phi) is 4.42. The molecule has 0 aliphatic rings. The molecule has 0 saturated carbocycles. The summed E-state index contributed by atoms with van der Waals surface area (Å²) in [6.45, 7) is 0. The summed E-state index contributed by atoms with van der Waals surface area (Å²) in [5.74, 6) is -2.69. The SMILES string of the molecule is O=S(Cc1c(F)ccc(Br)c1F)c1ccccc1F. The summed E-state index contributed by atoms with van der Waals surface area (Å²) >= 11 is 2.93. The molecule has 0 saturated heterocycles. The molecule has 1 atom stereocenters. The highest BCUT2D eigenvalue weighted by atomic mass is 79.9. The summed E-state index contributed by atoms with van der Waals surface area (Å²) in [6, 6.07) is 7.75. The molecule has 0 fully saturated rings. The third kappa shape index (κ3) is 3.06. The highest BCUT2D eigenvalue weighted by Gasteiger charge is 2.17. The predicted molar refractivity (Wildman–Crippen MR) is 70.6 cm³/mol. The van der Waals surface area contributed by atoms with Gasteiger partial charge in [0.1, 0.15) is 17.5 Å². The van der Waals surface area contributed by atoms with Gasteiger partial charge in [0.05, 0.1) is 25.9 Å². The number of halogens is 4. The quantitative estimate of drug-likeness (QED) is 0.760. The third-order valence-electron chi connectivity index (χ3n) is 2.50. The molecule has 1 nitrogen and oxygen atoms in total. The van der Waals surface area contributed by atoms with Crippen molar-refractivity contribution in [2.75, 3.05) is 0 Å². The van der Waals surface area contributed by atoms with Crippen LogP contribution in [-0.2, 0) is 16.6 Å². The molecule has 19 heavy (non-hydrogen) atoms. The van der Waals surface area contributed by atoms with Crippen molar-refractivity contribution in [2.45, 2.75) is 10.6 Å². The Morgan fingerprint density at radius 1 is 1.00 bits per heavy atom. The number of hydrogen-bond donors (Lipinski definition) is 0. The maximum Gasteiger partial charge on any atom is 0.144 e. The van der Waals surface area contributed by atoms with Gasteiger partial charge >= 0.3 is 0 Å². The van der Waals surface area contributed by atoms with E-state index in [1.165, 1.54) is 24.3 Å². The first-order chi connectivity index (χ1) is 9.00. The molecule has 2 aromatic rings. The summed E-state index contributed by atoms with van der Waals surface area (Å²) in [4.78, 5) is -0.0683. The molecule has 0 bridgehead atoms. The second kappa shape index (κ2) is 5.88. The van der Waals surface area contributed by atoms with E-state index >= 15 is 0 Å². The first kappa shape index (κ1) is 14.3. The molecule has 0 heterocycles. The molecule has 0 radical (unpaired) electrons. The topological polar surface area (TPSA) is 17.1 Å². The van der Waals surface area contributed by atoms with E-state index in [2.05, 4.69) is 15.9 Å². The van der Waals surface area contributed by atoms with Crippen LogP contribution in [-0.4, -0.2) is 4.21 Å². The van der Waals surface area contributed by atoms with Crippen molar-refractivity contribution < 1.29 is 17.4 Å². The van der Waals surface area contributed by atoms with E-state index < -0.39 is 34.0 Å². The second-order valence-electron chi connectivity index (χ2n) is 3.74. The van der Waals surface area contributed by atoms with Gasteiger partial charge in [-0.05, 0) is 40.2 Å². The van der Waals surface area contributed by atoms with Gasteiger partial charge in [0.2, 0.25) is 0 Å². The van der Waals surface area contributed by atoms with E-state index in [0.717, 1.165) is 12.1 Å². The molecule has 100 valence electrons. The van der Waals surface area contributed by atoms with Crippen molar-refractivity contribution in [1.29, 1.82) is 0 Å². The van der Waals surface area contributed by atoms with Crippen molar-refractivity contribution in [3.05, 3.63) is 63.9 Å². The minimum atomic E-state index is -1.85. The number of hydrogen-bond acceptors (Lipinski definition) is 1. The molecular formula is C13H8BrF3OS. The fourth-order valence-corrected chi connectivity index (χ4v) is 3.11. The largest absolute Gasteiger partial charge is 0.254 e. The van der Waals surface area contributed by atoms with Crippen LogP contribution < -0.4 is 0 Å². The Labute approximate surface area is 119 Å². The van der Waals surface area contributed by atoms with Crippen LogP contribution in [0.15, 0.2) is 45.8 Å². The summed E-state index contributed by atoms with van der Waals surface area (Å²) in [5.41, 5.74) is -0.323. The van der Waals surface area contributed by atoms with Gasteiger partial charge in [-0.2, -0.15) is 0 Å². The minimum absolute atomic E-state index is 0.0683. The van der Waals surface area contributed by atoms with E-state index in [4.69, 9.17) is 0 Å². The zero-order chi connectivity index (χ0) is 14.0. The fourth-order valence-electron chi connectivity index (χ4n) is 1.54. The average Bonchev–Trinajstić information content (AvgIpc) is 2.39. The number of benzene rings is 2. The van der Waals surface area contributed by atoms with Crippen LogP contribution in [0.1, 0.15) is 5.56 Å². The van der Waals surface area contributed by atoms with E-state index in [0.29, 0.717) is 0 Å². The van der Waals surface area contributed by atoms with Gasteiger partial charge in [0.15, 0.2) is 0 Å². The minimum Gasteiger partial charge on any atom is -0.254 e. The van der Waals surface area contributed by atoms with Crippen LogP contribution in [0.2, 0.25) is 0 Å². The van der Waals surface area contributed by atoms with Crippen molar-refractivity contribution in [3.8, 4) is 0 Å². The Morgan fingerprint density at radius 3 is 2.37 bits per heavy atom. The molecule has 1 unspecified atom stereocenters. The molecule has 0 spiro atoms. The van der Waals surface area contributed by atoms with Gasteiger partial charge in [-0.25, -0.2) is 13.2 Å². The zero-order valence-electron chi connectivity index (χ0n) is 9.50. The standard InChI is InChI=1S/C13H8BrF3OS/c14-9-5-6-10(15)8(13(9)17)7-19(18)12-4-2-1-3-11(12)16/h1-6H,7H2. The lowest BCUT2D eigenvalue weighted by Gasteiger charge is -2.07. The van der Waals surface area contributed by atoms with Crippen LogP contribution in [0.4, 0.5) is 13.2 Å². The molecule has 0 N–H and O–H groups in total. The maximum absolute atomic E-state index is 13.7. The van der Waals surface area contributed by atoms with Crippen LogP contribution in [0.5, 0.6) is 0 Å². The molecule has 6 heteroatoms. The van der Waals surface area contributed by atoms with Gasteiger partial charge in [0, 0.05) is 5.56 Å². The fraction of sp³-hybridized carbons (Fsp3) is 0.0769. The van der Waals surface area contributed by atoms with Gasteiger partial charge < -0.3 is 0 Å². The van der Waals surface area contributed by atoms with Crippen LogP contribution in [0, 0.1) is 17.5 Å². The van der Waals surface area contributed by atoms with Crippen LogP contribution in [0.3, 0.4) is 0 Å². The lowest BCUT2D eigenvalue weighted by molar-refractivity contribution is 0.559. The molecule has 0 aliphatic heterocycles. The van der Waals surface area contributed by atoms with Crippen LogP contribution in [0.25, 0.3) is 0 Å². The molecule has 0 aliphatic carbocycles. The highest BCUT2D eigenvalue weighted by molar-refractivity contribution is 9.10. The summed E-state index contributed by atoms with van der Waals surface area (Å²) in [7, 11) is -1.85. The van der Waals surface area contributed by atoms with Crippen molar-refractivity contribution in [2.24, 2.45) is 0 Å². The monoisotopic (exact) mass is 348 g/mol. The summed E-state index contributed by atoms with van der Waals surface area (Å²) in [6.07, 6.45) is 0. The predicted octanol–water partition coefficient (Wildman–Crippen LogP) is 4.17. The highest BCUT2D eigenvalue weighted by Crippen LogP contribution is 2.24. The molecule has 0 amide bonds. The van der Waals surface area contributed by atoms with Gasteiger partial charge in [-0.3, -0.25) is 4.21 Å². The molecular weight excluding hydrogens is 341 g/mol. The lowest BCUT2D eigenvalue weighted by Crippen LogP contribution is -2.04. The van der Waals surface area contributed by atoms with Gasteiger partial charge in [-0.1, -0.05) is 12.1 Å². The van der Waals surface area contributed by atoms with Gasteiger partial charge in [0.25, 0.3) is 0 Å². The van der Waals surface area contributed by atoms with E-state index in [1.54, 1.807) is 0 Å². The normalized spacial score (nSPS) is 12.4. The molecule has 0 aromatic heterocycles. The van der Waals surface area contributed by atoms with Crippen molar-refractivity contribution in [1.82, 2.24) is 0 Å². The van der Waals surface area contributed by atoms with E-state index in [9.17, 15) is 17.4 Å². The lowest BCUT2D eigenvalue weighted by atomic mass is 10.2. The first-order valence-corrected chi connectivity index (χ1v) is 7.37. The third-order valence-corrected chi connectivity index (χ3v) is 4.48. The Hall–Kier alpha value is -1.14. The zero-order valence-corrected chi connectivity index (χ0v) is 11.9. The van der Waals surface area contributed by atoms with Crippen molar-refractivity contribution in [3.63, 3.8) is 0 Å². The smallest absolute Gasteiger partial charge is 0.144 e. The molecule has 2 rings (SSSR count). The summed E-state index contributed by atoms with van der Waals surface area (Å²) in [5, 5.41) is 0. The average molecular weight is 349 g/mol.